The van der Waals surface area contributed by atoms with Gasteiger partial charge in [-0.15, -0.1) is 0 Å². The van der Waals surface area contributed by atoms with Gasteiger partial charge in [-0.1, -0.05) is 19.1 Å². The minimum Gasteiger partial charge on any atom is -0.352 e. The molecule has 6 heteroatoms. The summed E-state index contributed by atoms with van der Waals surface area (Å²) in [6.45, 7) is 2.97. The number of hydrogen-bond acceptors (Lipinski definition) is 4. The molecule has 1 aromatic carbocycles. The van der Waals surface area contributed by atoms with Crippen LogP contribution >= 0.6 is 0 Å². The molecule has 0 aliphatic carbocycles. The Morgan fingerprint density at radius 3 is 2.58 bits per heavy atom. The monoisotopic (exact) mass is 265 g/mol. The van der Waals surface area contributed by atoms with E-state index in [-0.39, 0.29) is 11.6 Å². The second-order valence-electron chi connectivity index (χ2n) is 4.58. The Kier molecular flexibility index (Phi) is 5.95. The van der Waals surface area contributed by atoms with Crippen molar-refractivity contribution in [2.45, 2.75) is 26.3 Å². The third-order valence-electron chi connectivity index (χ3n) is 2.90. The second kappa shape index (κ2) is 7.48. The number of hydrogen-bond donors (Lipinski definition) is 2. The van der Waals surface area contributed by atoms with Crippen LogP contribution in [0.15, 0.2) is 24.3 Å². The zero-order chi connectivity index (χ0) is 14.3. The van der Waals surface area contributed by atoms with Crippen molar-refractivity contribution in [3.05, 3.63) is 39.9 Å². The highest BCUT2D eigenvalue weighted by Crippen LogP contribution is 2.11. The first-order valence-electron chi connectivity index (χ1n) is 6.23. The number of nitro groups is 1. The van der Waals surface area contributed by atoms with Crippen LogP contribution in [0.25, 0.3) is 0 Å². The maximum atomic E-state index is 11.6. The van der Waals surface area contributed by atoms with Crippen molar-refractivity contribution in [3.63, 3.8) is 0 Å². The molecule has 6 nitrogen and oxygen atoms in total. The van der Waals surface area contributed by atoms with Gasteiger partial charge in [0.2, 0.25) is 5.91 Å². The summed E-state index contributed by atoms with van der Waals surface area (Å²) in [7, 11) is 0. The normalized spacial score (nSPS) is 11.9. The molecule has 1 amide bonds. The molecule has 3 N–H and O–H groups in total. The number of benzene rings is 1. The zero-order valence-electron chi connectivity index (χ0n) is 11.0. The molecule has 1 atom stereocenters. The fourth-order valence-electron chi connectivity index (χ4n) is 1.52. The summed E-state index contributed by atoms with van der Waals surface area (Å²) in [4.78, 5) is 21.6. The predicted molar refractivity (Wildman–Crippen MR) is 72.4 cm³/mol. The minimum atomic E-state index is -0.448. The first-order chi connectivity index (χ1) is 9.02. The van der Waals surface area contributed by atoms with Crippen LogP contribution in [0.1, 0.15) is 25.3 Å². The van der Waals surface area contributed by atoms with Crippen molar-refractivity contribution in [1.82, 2.24) is 5.32 Å². The number of nitrogens with one attached hydrogen (secondary N) is 1. The summed E-state index contributed by atoms with van der Waals surface area (Å²) >= 11 is 0. The lowest BCUT2D eigenvalue weighted by Crippen LogP contribution is -2.23. The van der Waals surface area contributed by atoms with Crippen molar-refractivity contribution < 1.29 is 9.72 Å². The van der Waals surface area contributed by atoms with Gasteiger partial charge >= 0.3 is 0 Å². The molecule has 0 aromatic heterocycles. The fraction of sp³-hybridized carbons (Fsp3) is 0.462. The number of nitrogens with zero attached hydrogens (tertiary/aromatic N) is 1. The predicted octanol–water partition coefficient (Wildman–Crippen LogP) is 1.59. The lowest BCUT2D eigenvalue weighted by Gasteiger charge is -2.08. The van der Waals surface area contributed by atoms with E-state index >= 15 is 0 Å². The molecule has 0 spiro atoms. The number of nitro benzene ring substituents is 1. The van der Waals surface area contributed by atoms with Crippen LogP contribution in [0.2, 0.25) is 0 Å². The Labute approximate surface area is 112 Å². The summed E-state index contributed by atoms with van der Waals surface area (Å²) < 4.78 is 0. The number of nitrogens with two attached hydrogens (primary N) is 1. The quantitative estimate of drug-likeness (QED) is 0.577. The van der Waals surface area contributed by atoms with E-state index in [4.69, 9.17) is 5.73 Å². The number of amides is 1. The van der Waals surface area contributed by atoms with Gasteiger partial charge in [-0.3, -0.25) is 14.9 Å². The molecule has 104 valence electrons. The van der Waals surface area contributed by atoms with Gasteiger partial charge in [-0.05, 0) is 24.4 Å². The summed E-state index contributed by atoms with van der Waals surface area (Å²) in [5.74, 6) is 0.309. The third kappa shape index (κ3) is 5.48. The van der Waals surface area contributed by atoms with Crippen molar-refractivity contribution in [1.29, 1.82) is 0 Å². The van der Waals surface area contributed by atoms with E-state index in [2.05, 4.69) is 5.32 Å². The van der Waals surface area contributed by atoms with Gasteiger partial charge < -0.3 is 11.1 Å². The van der Waals surface area contributed by atoms with Gasteiger partial charge in [-0.2, -0.15) is 0 Å². The van der Waals surface area contributed by atoms with Crippen LogP contribution < -0.4 is 11.1 Å². The van der Waals surface area contributed by atoms with Crippen LogP contribution in [0.3, 0.4) is 0 Å². The number of non-ortho nitro benzene ring substituents is 1. The number of rotatable bonds is 7. The van der Waals surface area contributed by atoms with Gasteiger partial charge in [0.25, 0.3) is 5.69 Å². The molecule has 0 heterocycles. The average Bonchev–Trinajstić information content (AvgIpc) is 2.42. The fourth-order valence-corrected chi connectivity index (χ4v) is 1.52. The Hall–Kier alpha value is -1.95. The lowest BCUT2D eigenvalue weighted by atomic mass is 10.1. The van der Waals surface area contributed by atoms with Crippen LogP contribution in [-0.2, 0) is 11.3 Å². The number of carbonyl (C=O) groups excluding carboxylic acids is 1. The average molecular weight is 265 g/mol. The molecule has 19 heavy (non-hydrogen) atoms. The van der Waals surface area contributed by atoms with E-state index < -0.39 is 4.92 Å². The molecule has 1 rings (SSSR count). The number of carbonyl (C=O) groups is 1. The van der Waals surface area contributed by atoms with E-state index in [0.29, 0.717) is 25.4 Å². The highest BCUT2D eigenvalue weighted by molar-refractivity contribution is 5.75. The Balaban J connectivity index is 2.35. The summed E-state index contributed by atoms with van der Waals surface area (Å²) in [5, 5.41) is 13.3. The van der Waals surface area contributed by atoms with Gasteiger partial charge in [-0.25, -0.2) is 0 Å². The first kappa shape index (κ1) is 15.1. The van der Waals surface area contributed by atoms with E-state index in [1.54, 1.807) is 12.1 Å². The molecule has 0 fully saturated rings. The second-order valence-corrected chi connectivity index (χ2v) is 4.58. The standard InChI is InChI=1S/C13H19N3O3/c1-10(8-14)2-7-13(17)15-9-11-3-5-12(6-4-11)16(18)19/h3-6,10H,2,7-9,14H2,1H3,(H,15,17). The van der Waals surface area contributed by atoms with Crippen LogP contribution in [0, 0.1) is 16.0 Å². The van der Waals surface area contributed by atoms with Gasteiger partial charge in [0, 0.05) is 25.1 Å². The van der Waals surface area contributed by atoms with Gasteiger partial charge in [0.05, 0.1) is 4.92 Å². The maximum Gasteiger partial charge on any atom is 0.269 e. The topological polar surface area (TPSA) is 98.3 Å². The highest BCUT2D eigenvalue weighted by atomic mass is 16.6. The third-order valence-corrected chi connectivity index (χ3v) is 2.90. The first-order valence-corrected chi connectivity index (χ1v) is 6.23. The lowest BCUT2D eigenvalue weighted by molar-refractivity contribution is -0.384. The van der Waals surface area contributed by atoms with Gasteiger partial charge in [0.15, 0.2) is 0 Å². The smallest absolute Gasteiger partial charge is 0.269 e. The molecule has 0 saturated heterocycles. The van der Waals surface area contributed by atoms with Gasteiger partial charge in [0.1, 0.15) is 0 Å². The SMILES string of the molecule is CC(CN)CCC(=O)NCc1ccc([N+](=O)[O-])cc1. The van der Waals surface area contributed by atoms with E-state index in [1.165, 1.54) is 12.1 Å². The summed E-state index contributed by atoms with van der Waals surface area (Å²) in [6, 6.07) is 6.14. The van der Waals surface area contributed by atoms with Crippen molar-refractivity contribution in [2.24, 2.45) is 11.7 Å². The van der Waals surface area contributed by atoms with E-state index in [9.17, 15) is 14.9 Å². The van der Waals surface area contributed by atoms with Crippen molar-refractivity contribution in [3.8, 4) is 0 Å². The highest BCUT2D eigenvalue weighted by Gasteiger charge is 2.07. The summed E-state index contributed by atoms with van der Waals surface area (Å²) in [5.41, 5.74) is 6.36. The largest absolute Gasteiger partial charge is 0.352 e. The maximum absolute atomic E-state index is 11.6. The van der Waals surface area contributed by atoms with Crippen molar-refractivity contribution >= 4 is 11.6 Å². The molecule has 0 radical (unpaired) electrons. The molecule has 0 bridgehead atoms. The molecule has 0 aliphatic heterocycles. The van der Waals surface area contributed by atoms with Crippen LogP contribution in [-0.4, -0.2) is 17.4 Å². The molecular formula is C13H19N3O3. The molecule has 1 unspecified atom stereocenters. The molecule has 1 aromatic rings. The van der Waals surface area contributed by atoms with E-state index in [1.807, 2.05) is 6.92 Å². The Morgan fingerprint density at radius 2 is 2.05 bits per heavy atom. The van der Waals surface area contributed by atoms with E-state index in [0.717, 1.165) is 12.0 Å². The molecular weight excluding hydrogens is 246 g/mol. The minimum absolute atomic E-state index is 0.0290. The molecule has 0 aliphatic rings. The molecule has 0 saturated carbocycles. The van der Waals surface area contributed by atoms with Crippen molar-refractivity contribution in [2.75, 3.05) is 6.54 Å². The van der Waals surface area contributed by atoms with Crippen LogP contribution in [0.4, 0.5) is 5.69 Å². The summed E-state index contributed by atoms with van der Waals surface area (Å²) in [6.07, 6.45) is 1.22. The Bertz CT molecular complexity index is 431. The zero-order valence-corrected chi connectivity index (χ0v) is 11.0. The van der Waals surface area contributed by atoms with Crippen LogP contribution in [0.5, 0.6) is 0 Å². The Morgan fingerprint density at radius 1 is 1.42 bits per heavy atom.